The fraction of sp³-hybridized carbons (Fsp3) is 0.294. The third-order valence-electron chi connectivity index (χ3n) is 3.96. The molecule has 0 N–H and O–H groups in total. The molecule has 2 unspecified atom stereocenters. The predicted octanol–water partition coefficient (Wildman–Crippen LogP) is 5.38. The molecule has 2 aromatic rings. The molecule has 19 heavy (non-hydrogen) atoms. The Bertz CT molecular complexity index is 562. The summed E-state index contributed by atoms with van der Waals surface area (Å²) in [4.78, 5) is 0.259. The van der Waals surface area contributed by atoms with Crippen LogP contribution in [0.1, 0.15) is 40.3 Å². The van der Waals surface area contributed by atoms with Gasteiger partial charge in [0.05, 0.1) is 0 Å². The third kappa shape index (κ3) is 2.59. The first-order valence-corrected chi connectivity index (χ1v) is 7.64. The van der Waals surface area contributed by atoms with Crippen molar-refractivity contribution in [1.82, 2.24) is 0 Å². The summed E-state index contributed by atoms with van der Waals surface area (Å²) < 4.78 is 13.0. The van der Waals surface area contributed by atoms with Gasteiger partial charge in [-0.25, -0.2) is 4.39 Å². The van der Waals surface area contributed by atoms with E-state index in [1.165, 1.54) is 30.4 Å². The van der Waals surface area contributed by atoms with Crippen LogP contribution < -0.4 is 0 Å². The number of rotatable bonds is 2. The average Bonchev–Trinajstić information content (AvgIpc) is 2.47. The second-order valence-corrected chi connectivity index (χ2v) is 6.14. The number of alkyl halides is 1. The Hall–Kier alpha value is -1.15. The number of aryl methyl sites for hydroxylation is 1. The van der Waals surface area contributed by atoms with Gasteiger partial charge in [0.1, 0.15) is 5.82 Å². The van der Waals surface area contributed by atoms with Crippen molar-refractivity contribution in [1.29, 1.82) is 0 Å². The van der Waals surface area contributed by atoms with E-state index in [9.17, 15) is 4.39 Å². The quantitative estimate of drug-likeness (QED) is 0.652. The van der Waals surface area contributed by atoms with E-state index in [2.05, 4.69) is 40.2 Å². The van der Waals surface area contributed by atoms with Crippen molar-refractivity contribution >= 4 is 15.9 Å². The summed E-state index contributed by atoms with van der Waals surface area (Å²) in [6, 6.07) is 15.5. The highest BCUT2D eigenvalue weighted by Gasteiger charge is 2.26. The van der Waals surface area contributed by atoms with Crippen molar-refractivity contribution in [3.05, 3.63) is 71.0 Å². The number of hydrogen-bond donors (Lipinski definition) is 0. The molecule has 0 amide bonds. The summed E-state index contributed by atoms with van der Waals surface area (Å²) in [6.45, 7) is 0. The maximum Gasteiger partial charge on any atom is 0.123 e. The van der Waals surface area contributed by atoms with Crippen LogP contribution in [-0.2, 0) is 6.42 Å². The molecule has 0 spiro atoms. The zero-order valence-electron chi connectivity index (χ0n) is 10.7. The minimum absolute atomic E-state index is 0.174. The SMILES string of the molecule is Fc1ccc(C(Br)C2CCCc3ccccc32)cc1. The van der Waals surface area contributed by atoms with Crippen LogP contribution in [0.25, 0.3) is 0 Å². The van der Waals surface area contributed by atoms with Crippen LogP contribution in [0, 0.1) is 5.82 Å². The molecule has 2 atom stereocenters. The molecule has 0 aromatic heterocycles. The molecule has 0 fully saturated rings. The fourth-order valence-corrected chi connectivity index (χ4v) is 3.83. The summed E-state index contributed by atoms with van der Waals surface area (Å²) in [7, 11) is 0. The van der Waals surface area contributed by atoms with Gasteiger partial charge >= 0.3 is 0 Å². The average molecular weight is 319 g/mol. The summed E-state index contributed by atoms with van der Waals surface area (Å²) in [5, 5.41) is 0. The van der Waals surface area contributed by atoms with Crippen LogP contribution in [0.4, 0.5) is 4.39 Å². The van der Waals surface area contributed by atoms with Gasteiger partial charge in [-0.15, -0.1) is 0 Å². The molecule has 0 saturated heterocycles. The molecule has 2 heteroatoms. The van der Waals surface area contributed by atoms with Crippen LogP contribution in [0.15, 0.2) is 48.5 Å². The molecule has 0 radical (unpaired) electrons. The van der Waals surface area contributed by atoms with Gasteiger partial charge in [-0.2, -0.15) is 0 Å². The van der Waals surface area contributed by atoms with E-state index in [4.69, 9.17) is 0 Å². The van der Waals surface area contributed by atoms with E-state index in [-0.39, 0.29) is 10.6 Å². The Morgan fingerprint density at radius 2 is 1.79 bits per heavy atom. The zero-order chi connectivity index (χ0) is 13.2. The van der Waals surface area contributed by atoms with Crippen molar-refractivity contribution in [2.45, 2.75) is 30.0 Å². The first-order chi connectivity index (χ1) is 9.25. The maximum absolute atomic E-state index is 13.0. The van der Waals surface area contributed by atoms with Crippen LogP contribution in [-0.4, -0.2) is 0 Å². The molecule has 1 aliphatic rings. The van der Waals surface area contributed by atoms with Crippen molar-refractivity contribution < 1.29 is 4.39 Å². The number of halogens is 2. The smallest absolute Gasteiger partial charge is 0.123 e. The van der Waals surface area contributed by atoms with E-state index >= 15 is 0 Å². The largest absolute Gasteiger partial charge is 0.207 e. The fourth-order valence-electron chi connectivity index (χ4n) is 2.97. The van der Waals surface area contributed by atoms with Gasteiger partial charge in [0, 0.05) is 10.7 Å². The Balaban J connectivity index is 1.92. The lowest BCUT2D eigenvalue weighted by molar-refractivity contribution is 0.546. The Labute approximate surface area is 121 Å². The predicted molar refractivity (Wildman–Crippen MR) is 80.2 cm³/mol. The van der Waals surface area contributed by atoms with E-state index in [0.29, 0.717) is 5.92 Å². The molecular formula is C17H16BrF. The standard InChI is InChI=1S/C17H16BrF/c18-17(13-8-10-14(19)11-9-13)16-7-3-5-12-4-1-2-6-15(12)16/h1-2,4,6,8-11,16-17H,3,5,7H2. The van der Waals surface area contributed by atoms with Crippen molar-refractivity contribution in [2.24, 2.45) is 0 Å². The Morgan fingerprint density at radius 1 is 1.05 bits per heavy atom. The van der Waals surface area contributed by atoms with Crippen LogP contribution >= 0.6 is 15.9 Å². The second-order valence-electron chi connectivity index (χ2n) is 5.15. The van der Waals surface area contributed by atoms with Gasteiger partial charge in [0.15, 0.2) is 0 Å². The Kier molecular flexibility index (Phi) is 3.69. The normalized spacial score (nSPS) is 19.8. The molecule has 3 rings (SSSR count). The first kappa shape index (κ1) is 12.9. The summed E-state index contributed by atoms with van der Waals surface area (Å²) in [6.07, 6.45) is 3.59. The van der Waals surface area contributed by atoms with E-state index in [1.54, 1.807) is 12.1 Å². The summed E-state index contributed by atoms with van der Waals surface area (Å²) in [5.74, 6) is 0.308. The highest BCUT2D eigenvalue weighted by Crippen LogP contribution is 2.44. The maximum atomic E-state index is 13.0. The lowest BCUT2D eigenvalue weighted by Crippen LogP contribution is -2.14. The molecule has 0 heterocycles. The molecule has 0 bridgehead atoms. The molecule has 98 valence electrons. The molecule has 1 aliphatic carbocycles. The van der Waals surface area contributed by atoms with Crippen LogP contribution in [0.5, 0.6) is 0 Å². The van der Waals surface area contributed by atoms with Crippen LogP contribution in [0.3, 0.4) is 0 Å². The highest BCUT2D eigenvalue weighted by atomic mass is 79.9. The molecule has 0 nitrogen and oxygen atoms in total. The lowest BCUT2D eigenvalue weighted by Gasteiger charge is -2.29. The van der Waals surface area contributed by atoms with Crippen molar-refractivity contribution in [3.63, 3.8) is 0 Å². The van der Waals surface area contributed by atoms with Gasteiger partial charge in [0.2, 0.25) is 0 Å². The van der Waals surface area contributed by atoms with Crippen molar-refractivity contribution in [3.8, 4) is 0 Å². The first-order valence-electron chi connectivity index (χ1n) is 6.73. The summed E-state index contributed by atoms with van der Waals surface area (Å²) in [5.41, 5.74) is 4.06. The second kappa shape index (κ2) is 5.46. The minimum atomic E-state index is -0.174. The molecule has 0 saturated carbocycles. The van der Waals surface area contributed by atoms with Crippen molar-refractivity contribution in [2.75, 3.05) is 0 Å². The monoisotopic (exact) mass is 318 g/mol. The van der Waals surface area contributed by atoms with E-state index in [1.807, 2.05) is 12.1 Å². The minimum Gasteiger partial charge on any atom is -0.207 e. The molecular weight excluding hydrogens is 303 g/mol. The highest BCUT2D eigenvalue weighted by molar-refractivity contribution is 9.09. The lowest BCUT2D eigenvalue weighted by atomic mass is 9.79. The van der Waals surface area contributed by atoms with E-state index in [0.717, 1.165) is 5.56 Å². The number of benzene rings is 2. The van der Waals surface area contributed by atoms with Gasteiger partial charge in [-0.1, -0.05) is 52.3 Å². The van der Waals surface area contributed by atoms with Gasteiger partial charge in [0.25, 0.3) is 0 Å². The zero-order valence-corrected chi connectivity index (χ0v) is 12.2. The topological polar surface area (TPSA) is 0 Å². The molecule has 2 aromatic carbocycles. The summed E-state index contributed by atoms with van der Waals surface area (Å²) >= 11 is 3.82. The van der Waals surface area contributed by atoms with Gasteiger partial charge in [-0.05, 0) is 48.1 Å². The van der Waals surface area contributed by atoms with Gasteiger partial charge in [-0.3, -0.25) is 0 Å². The molecule has 0 aliphatic heterocycles. The number of fused-ring (bicyclic) bond motifs is 1. The number of hydrogen-bond acceptors (Lipinski definition) is 0. The third-order valence-corrected chi connectivity index (χ3v) is 5.12. The Morgan fingerprint density at radius 3 is 2.58 bits per heavy atom. The van der Waals surface area contributed by atoms with E-state index < -0.39 is 0 Å². The van der Waals surface area contributed by atoms with Crippen LogP contribution in [0.2, 0.25) is 0 Å². The van der Waals surface area contributed by atoms with Gasteiger partial charge < -0.3 is 0 Å².